The van der Waals surface area contributed by atoms with Crippen LogP contribution in [0.25, 0.3) is 0 Å². The van der Waals surface area contributed by atoms with Crippen molar-refractivity contribution in [2.75, 3.05) is 11.5 Å². The van der Waals surface area contributed by atoms with E-state index in [0.717, 1.165) is 17.4 Å². The number of nitrogens with zero attached hydrogens (tertiary/aromatic N) is 1. The fourth-order valence-corrected chi connectivity index (χ4v) is 3.78. The van der Waals surface area contributed by atoms with Gasteiger partial charge >= 0.3 is 0 Å². The number of hydrogen-bond donors (Lipinski definition) is 2. The van der Waals surface area contributed by atoms with Gasteiger partial charge in [0.05, 0.1) is 0 Å². The summed E-state index contributed by atoms with van der Waals surface area (Å²) in [5.41, 5.74) is 13.1. The summed E-state index contributed by atoms with van der Waals surface area (Å²) in [6, 6.07) is 4.14. The molecule has 100 valence electrons. The highest BCUT2D eigenvalue weighted by atomic mass is 32.2. The largest absolute Gasteiger partial charge is 0.384 e. The van der Waals surface area contributed by atoms with Crippen LogP contribution in [0, 0.1) is 0 Å². The van der Waals surface area contributed by atoms with E-state index < -0.39 is 0 Å². The minimum atomic E-state index is 0.221. The number of thioether (sulfide) groups is 1. The molecule has 0 amide bonds. The predicted molar refractivity (Wildman–Crippen MR) is 79.7 cm³/mol. The highest BCUT2D eigenvalue weighted by molar-refractivity contribution is 7.99. The SMILES string of the molecule is Nc1cc(CC(N)CSC2CCCCC2)ccn1. The lowest BCUT2D eigenvalue weighted by atomic mass is 10.0. The monoisotopic (exact) mass is 265 g/mol. The minimum absolute atomic E-state index is 0.221. The number of pyridine rings is 1. The van der Waals surface area contributed by atoms with Crippen molar-refractivity contribution in [3.63, 3.8) is 0 Å². The molecule has 1 aliphatic carbocycles. The van der Waals surface area contributed by atoms with Gasteiger partial charge in [0.15, 0.2) is 0 Å². The second-order valence-electron chi connectivity index (χ2n) is 5.15. The topological polar surface area (TPSA) is 64.9 Å². The molecule has 0 radical (unpaired) electrons. The van der Waals surface area contributed by atoms with E-state index in [9.17, 15) is 0 Å². The molecular weight excluding hydrogens is 242 g/mol. The summed E-state index contributed by atoms with van der Waals surface area (Å²) in [5.74, 6) is 1.63. The van der Waals surface area contributed by atoms with Crippen LogP contribution in [0.3, 0.4) is 0 Å². The highest BCUT2D eigenvalue weighted by Crippen LogP contribution is 2.28. The van der Waals surface area contributed by atoms with Crippen LogP contribution >= 0.6 is 11.8 Å². The van der Waals surface area contributed by atoms with Gasteiger partial charge in [-0.2, -0.15) is 11.8 Å². The van der Waals surface area contributed by atoms with E-state index in [1.54, 1.807) is 6.20 Å². The van der Waals surface area contributed by atoms with Gasteiger partial charge in [-0.05, 0) is 37.0 Å². The van der Waals surface area contributed by atoms with E-state index in [-0.39, 0.29) is 6.04 Å². The first-order valence-corrected chi connectivity index (χ1v) is 7.86. The second kappa shape index (κ2) is 7.00. The van der Waals surface area contributed by atoms with Crippen molar-refractivity contribution in [1.29, 1.82) is 0 Å². The molecule has 0 aliphatic heterocycles. The summed E-state index contributed by atoms with van der Waals surface area (Å²) >= 11 is 2.06. The highest BCUT2D eigenvalue weighted by Gasteiger charge is 2.15. The third kappa shape index (κ3) is 4.50. The number of nitrogen functional groups attached to an aromatic ring is 1. The number of rotatable bonds is 5. The number of hydrogen-bond acceptors (Lipinski definition) is 4. The van der Waals surface area contributed by atoms with Crippen molar-refractivity contribution in [2.45, 2.75) is 49.8 Å². The molecule has 2 rings (SSSR count). The molecule has 4 heteroatoms. The Morgan fingerprint density at radius 1 is 1.33 bits per heavy atom. The Kier molecular flexibility index (Phi) is 5.32. The van der Waals surface area contributed by atoms with Crippen molar-refractivity contribution in [1.82, 2.24) is 4.98 Å². The Morgan fingerprint density at radius 3 is 2.83 bits per heavy atom. The number of nitrogens with two attached hydrogens (primary N) is 2. The quantitative estimate of drug-likeness (QED) is 0.859. The maximum atomic E-state index is 6.19. The van der Waals surface area contributed by atoms with Gasteiger partial charge in [0.25, 0.3) is 0 Å². The molecule has 1 atom stereocenters. The van der Waals surface area contributed by atoms with E-state index in [4.69, 9.17) is 11.5 Å². The Hall–Kier alpha value is -0.740. The predicted octanol–water partition coefficient (Wildman–Crippen LogP) is 2.60. The molecule has 1 fully saturated rings. The standard InChI is InChI=1S/C14H23N3S/c15-12(8-11-6-7-17-14(16)9-11)10-18-13-4-2-1-3-5-13/h6-7,9,12-13H,1-5,8,10,15H2,(H2,16,17). The van der Waals surface area contributed by atoms with Gasteiger partial charge in [0.2, 0.25) is 0 Å². The molecule has 0 saturated heterocycles. The molecule has 1 aromatic heterocycles. The van der Waals surface area contributed by atoms with Crippen LogP contribution in [-0.4, -0.2) is 22.0 Å². The Balaban J connectivity index is 1.72. The van der Waals surface area contributed by atoms with Crippen molar-refractivity contribution < 1.29 is 0 Å². The van der Waals surface area contributed by atoms with Gasteiger partial charge in [0.1, 0.15) is 5.82 Å². The first-order valence-electron chi connectivity index (χ1n) is 6.81. The number of aromatic nitrogens is 1. The summed E-state index contributed by atoms with van der Waals surface area (Å²) in [4.78, 5) is 4.00. The summed E-state index contributed by atoms with van der Waals surface area (Å²) in [7, 11) is 0. The average molecular weight is 265 g/mol. The third-order valence-corrected chi connectivity index (χ3v) is 5.01. The van der Waals surface area contributed by atoms with E-state index in [0.29, 0.717) is 5.82 Å². The van der Waals surface area contributed by atoms with Crippen LogP contribution in [0.1, 0.15) is 37.7 Å². The smallest absolute Gasteiger partial charge is 0.123 e. The van der Waals surface area contributed by atoms with E-state index in [1.807, 2.05) is 12.1 Å². The molecule has 4 N–H and O–H groups in total. The van der Waals surface area contributed by atoms with Gasteiger partial charge in [-0.3, -0.25) is 0 Å². The molecule has 1 heterocycles. The first-order chi connectivity index (χ1) is 8.74. The summed E-state index contributed by atoms with van der Waals surface area (Å²) in [5, 5.41) is 0.840. The Bertz CT molecular complexity index is 364. The van der Waals surface area contributed by atoms with Crippen LogP contribution in [0.4, 0.5) is 5.82 Å². The van der Waals surface area contributed by atoms with Crippen LogP contribution in [0.5, 0.6) is 0 Å². The zero-order valence-electron chi connectivity index (χ0n) is 10.8. The van der Waals surface area contributed by atoms with Crippen LogP contribution in [-0.2, 0) is 6.42 Å². The summed E-state index contributed by atoms with van der Waals surface area (Å²) in [6.45, 7) is 0. The Morgan fingerprint density at radius 2 is 2.11 bits per heavy atom. The van der Waals surface area contributed by atoms with Crippen LogP contribution in [0.2, 0.25) is 0 Å². The number of anilines is 1. The van der Waals surface area contributed by atoms with Crippen molar-refractivity contribution in [2.24, 2.45) is 5.73 Å². The van der Waals surface area contributed by atoms with Gasteiger partial charge in [-0.15, -0.1) is 0 Å². The Labute approximate surface area is 114 Å². The van der Waals surface area contributed by atoms with Crippen LogP contribution in [0.15, 0.2) is 18.3 Å². The van der Waals surface area contributed by atoms with Gasteiger partial charge in [-0.25, -0.2) is 4.98 Å². The molecule has 1 saturated carbocycles. The fraction of sp³-hybridized carbons (Fsp3) is 0.643. The molecule has 0 aromatic carbocycles. The first kappa shape index (κ1) is 13.7. The molecular formula is C14H23N3S. The molecule has 0 bridgehead atoms. The van der Waals surface area contributed by atoms with Gasteiger partial charge < -0.3 is 11.5 Å². The van der Waals surface area contributed by atoms with E-state index in [2.05, 4.69) is 16.7 Å². The maximum Gasteiger partial charge on any atom is 0.123 e. The van der Waals surface area contributed by atoms with Crippen molar-refractivity contribution in [3.05, 3.63) is 23.9 Å². The van der Waals surface area contributed by atoms with E-state index in [1.165, 1.54) is 37.7 Å². The molecule has 0 spiro atoms. The zero-order valence-corrected chi connectivity index (χ0v) is 11.7. The third-order valence-electron chi connectivity index (χ3n) is 3.44. The molecule has 1 aromatic rings. The molecule has 1 unspecified atom stereocenters. The van der Waals surface area contributed by atoms with E-state index >= 15 is 0 Å². The maximum absolute atomic E-state index is 6.19. The summed E-state index contributed by atoms with van der Waals surface area (Å²) in [6.07, 6.45) is 9.61. The molecule has 18 heavy (non-hydrogen) atoms. The molecule has 1 aliphatic rings. The average Bonchev–Trinajstić information content (AvgIpc) is 2.38. The fourth-order valence-electron chi connectivity index (χ4n) is 2.47. The summed E-state index contributed by atoms with van der Waals surface area (Å²) < 4.78 is 0. The lowest BCUT2D eigenvalue weighted by Crippen LogP contribution is -2.27. The van der Waals surface area contributed by atoms with Crippen LogP contribution < -0.4 is 11.5 Å². The zero-order chi connectivity index (χ0) is 12.8. The van der Waals surface area contributed by atoms with Crippen molar-refractivity contribution >= 4 is 17.6 Å². The molecule has 3 nitrogen and oxygen atoms in total. The minimum Gasteiger partial charge on any atom is -0.384 e. The van der Waals surface area contributed by atoms with Crippen molar-refractivity contribution in [3.8, 4) is 0 Å². The second-order valence-corrected chi connectivity index (χ2v) is 6.48. The normalized spacial score (nSPS) is 18.7. The lowest BCUT2D eigenvalue weighted by Gasteiger charge is -2.22. The lowest BCUT2D eigenvalue weighted by molar-refractivity contribution is 0.515. The van der Waals surface area contributed by atoms with Gasteiger partial charge in [0, 0.05) is 23.2 Å². The van der Waals surface area contributed by atoms with Gasteiger partial charge in [-0.1, -0.05) is 19.3 Å².